The van der Waals surface area contributed by atoms with Gasteiger partial charge in [-0.2, -0.15) is 0 Å². The van der Waals surface area contributed by atoms with Gasteiger partial charge >= 0.3 is 5.97 Å². The third kappa shape index (κ3) is 5.50. The van der Waals surface area contributed by atoms with Gasteiger partial charge in [-0.1, -0.05) is 6.08 Å². The highest BCUT2D eigenvalue weighted by molar-refractivity contribution is 7.89. The number of sulfonamides is 1. The highest BCUT2D eigenvalue weighted by atomic mass is 32.2. The maximum absolute atomic E-state index is 11.8. The normalized spacial score (nSPS) is 13.0. The van der Waals surface area contributed by atoms with E-state index in [4.69, 9.17) is 10.2 Å². The zero-order valence-electron chi connectivity index (χ0n) is 11.3. The molecule has 0 saturated heterocycles. The fourth-order valence-corrected chi connectivity index (χ4v) is 1.94. The van der Waals surface area contributed by atoms with Crippen LogP contribution in [-0.4, -0.2) is 37.7 Å². The van der Waals surface area contributed by atoms with Crippen LogP contribution in [0.2, 0.25) is 0 Å². The van der Waals surface area contributed by atoms with Gasteiger partial charge < -0.3 is 19.6 Å². The van der Waals surface area contributed by atoms with Gasteiger partial charge in [-0.3, -0.25) is 4.79 Å². The number of allylic oxidation sites excluding steroid dienone is 1. The quantitative estimate of drug-likeness (QED) is 0.434. The predicted molar refractivity (Wildman–Crippen MR) is 73.4 cm³/mol. The van der Waals surface area contributed by atoms with Crippen LogP contribution in [0.25, 0.3) is 0 Å². The Bertz CT molecular complexity index is 690. The number of nitrogens with two attached hydrogens (primary N) is 1. The van der Waals surface area contributed by atoms with Crippen LogP contribution < -0.4 is 10.5 Å². The predicted octanol–water partition coefficient (Wildman–Crippen LogP) is -0.355. The minimum Gasteiger partial charge on any atom is -0.478 e. The van der Waals surface area contributed by atoms with Gasteiger partial charge in [-0.25, -0.2) is 18.4 Å². The Morgan fingerprint density at radius 2 is 2.14 bits per heavy atom. The van der Waals surface area contributed by atoms with Crippen molar-refractivity contribution < 1.29 is 32.3 Å². The summed E-state index contributed by atoms with van der Waals surface area (Å²) in [6, 6.07) is 0.0930. The lowest BCUT2D eigenvalue weighted by Crippen LogP contribution is -2.35. The van der Waals surface area contributed by atoms with Crippen LogP contribution in [0.3, 0.4) is 0 Å². The molecule has 0 aromatic carbocycles. The summed E-state index contributed by atoms with van der Waals surface area (Å²) in [4.78, 5) is 33.0. The van der Waals surface area contributed by atoms with Crippen LogP contribution in [-0.2, 0) is 19.6 Å². The first-order chi connectivity index (χ1) is 10.2. The first-order valence-corrected chi connectivity index (χ1v) is 7.55. The van der Waals surface area contributed by atoms with Gasteiger partial charge in [0.25, 0.3) is 15.9 Å². The molecule has 0 fully saturated rings. The molecule has 0 radical (unpaired) electrons. The molecular formula is C12H14N2O7S. The van der Waals surface area contributed by atoms with Crippen LogP contribution in [0.15, 0.2) is 34.0 Å². The molecule has 1 atom stereocenters. The average Bonchev–Trinajstić information content (AvgIpc) is 2.91. The molecule has 1 amide bonds. The summed E-state index contributed by atoms with van der Waals surface area (Å²) in [6.07, 6.45) is 4.14. The number of furan rings is 1. The molecule has 1 aromatic rings. The Morgan fingerprint density at radius 1 is 1.45 bits per heavy atom. The second kappa shape index (κ2) is 7.52. The van der Waals surface area contributed by atoms with Gasteiger partial charge in [0.1, 0.15) is 12.5 Å². The van der Waals surface area contributed by atoms with E-state index in [1.54, 1.807) is 0 Å². The van der Waals surface area contributed by atoms with Crippen LogP contribution in [0.4, 0.5) is 0 Å². The van der Waals surface area contributed by atoms with E-state index in [9.17, 15) is 22.8 Å². The van der Waals surface area contributed by atoms with E-state index in [1.807, 2.05) is 0 Å². The van der Waals surface area contributed by atoms with Crippen molar-refractivity contribution in [3.8, 4) is 0 Å². The maximum atomic E-state index is 11.8. The number of carbonyl (C=O) groups is 3. The summed E-state index contributed by atoms with van der Waals surface area (Å²) in [5.74, 6) is -1.82. The Morgan fingerprint density at radius 3 is 2.64 bits per heavy atom. The van der Waals surface area contributed by atoms with Crippen molar-refractivity contribution >= 4 is 28.2 Å². The second-order valence-corrected chi connectivity index (χ2v) is 5.73. The highest BCUT2D eigenvalue weighted by Crippen LogP contribution is 2.12. The van der Waals surface area contributed by atoms with E-state index in [1.165, 1.54) is 6.08 Å². The van der Waals surface area contributed by atoms with Gasteiger partial charge in [-0.05, 0) is 12.8 Å². The molecule has 22 heavy (non-hydrogen) atoms. The molecule has 0 aliphatic carbocycles. The summed E-state index contributed by atoms with van der Waals surface area (Å²) in [7, 11) is -4.06. The molecule has 1 heterocycles. The molecule has 0 bridgehead atoms. The Balaban J connectivity index is 2.63. The smallest absolute Gasteiger partial charge is 0.327 e. The van der Waals surface area contributed by atoms with E-state index in [2.05, 4.69) is 9.73 Å². The monoisotopic (exact) mass is 330 g/mol. The van der Waals surface area contributed by atoms with Crippen molar-refractivity contribution in [1.82, 2.24) is 5.32 Å². The van der Waals surface area contributed by atoms with Crippen molar-refractivity contribution in [3.63, 3.8) is 0 Å². The second-order valence-electron chi connectivity index (χ2n) is 4.23. The minimum absolute atomic E-state index is 0.100. The first kappa shape index (κ1) is 17.6. The minimum atomic E-state index is -4.06. The van der Waals surface area contributed by atoms with Gasteiger partial charge in [0.05, 0.1) is 11.6 Å². The lowest BCUT2D eigenvalue weighted by molar-refractivity contribution is -0.131. The molecule has 1 unspecified atom stereocenters. The lowest BCUT2D eigenvalue weighted by Gasteiger charge is -2.10. The molecule has 1 aromatic heterocycles. The maximum Gasteiger partial charge on any atom is 0.327 e. The van der Waals surface area contributed by atoms with E-state index < -0.39 is 33.0 Å². The Labute approximate surface area is 125 Å². The molecule has 9 nitrogen and oxygen atoms in total. The zero-order valence-corrected chi connectivity index (χ0v) is 12.1. The standard InChI is InChI=1S/C12H14N2O7S/c13-22(19,20)11-5-8(7-21-11)12(18)14-9(6-15)3-1-2-4-10(16)17/h2,4-7,9H,1,3H2,(H,14,18)(H,16,17)(H2,13,19,20). The average molecular weight is 330 g/mol. The lowest BCUT2D eigenvalue weighted by atomic mass is 10.1. The SMILES string of the molecule is NS(=O)(=O)c1cc(C(=O)NC(C=O)CCC=CC(=O)O)co1. The van der Waals surface area contributed by atoms with Gasteiger partial charge in [-0.15, -0.1) is 0 Å². The van der Waals surface area contributed by atoms with Crippen molar-refractivity contribution in [1.29, 1.82) is 0 Å². The number of carboxylic acids is 1. The number of carbonyl (C=O) groups excluding carboxylic acids is 2. The number of aldehydes is 1. The molecule has 0 saturated carbocycles. The third-order valence-corrected chi connectivity index (χ3v) is 3.28. The number of aliphatic carboxylic acids is 1. The molecule has 4 N–H and O–H groups in total. The highest BCUT2D eigenvalue weighted by Gasteiger charge is 2.19. The van der Waals surface area contributed by atoms with E-state index in [0.29, 0.717) is 6.29 Å². The summed E-state index contributed by atoms with van der Waals surface area (Å²) in [6.45, 7) is 0. The third-order valence-electron chi connectivity index (χ3n) is 2.50. The van der Waals surface area contributed by atoms with Crippen LogP contribution in [0.5, 0.6) is 0 Å². The zero-order chi connectivity index (χ0) is 16.8. The largest absolute Gasteiger partial charge is 0.478 e. The van der Waals surface area contributed by atoms with Crippen LogP contribution in [0.1, 0.15) is 23.2 Å². The summed E-state index contributed by atoms with van der Waals surface area (Å²) in [5.41, 5.74) is -0.100. The topological polar surface area (TPSA) is 157 Å². The fraction of sp³-hybridized carbons (Fsp3) is 0.250. The number of primary sulfonamides is 1. The molecule has 1 rings (SSSR count). The van der Waals surface area contributed by atoms with Gasteiger partial charge in [0.15, 0.2) is 0 Å². The number of hydrogen-bond acceptors (Lipinski definition) is 6. The van der Waals surface area contributed by atoms with Crippen molar-refractivity contribution in [3.05, 3.63) is 30.0 Å². The summed E-state index contributed by atoms with van der Waals surface area (Å²) >= 11 is 0. The van der Waals surface area contributed by atoms with E-state index in [0.717, 1.165) is 18.4 Å². The first-order valence-electron chi connectivity index (χ1n) is 6.01. The van der Waals surface area contributed by atoms with E-state index in [-0.39, 0.29) is 18.4 Å². The number of rotatable bonds is 8. The molecule has 0 spiro atoms. The molecule has 10 heteroatoms. The number of carboxylic acid groups (broad SMARTS) is 1. The van der Waals surface area contributed by atoms with Crippen molar-refractivity contribution in [2.75, 3.05) is 0 Å². The number of nitrogens with one attached hydrogen (secondary N) is 1. The number of hydrogen-bond donors (Lipinski definition) is 3. The van der Waals surface area contributed by atoms with Gasteiger partial charge in [0.2, 0.25) is 5.09 Å². The molecule has 0 aliphatic rings. The number of amides is 1. The molecule has 0 aliphatic heterocycles. The molecular weight excluding hydrogens is 316 g/mol. The molecule has 120 valence electrons. The van der Waals surface area contributed by atoms with Gasteiger partial charge in [0, 0.05) is 12.1 Å². The van der Waals surface area contributed by atoms with Crippen molar-refractivity contribution in [2.45, 2.75) is 24.0 Å². The van der Waals surface area contributed by atoms with Crippen LogP contribution >= 0.6 is 0 Å². The summed E-state index contributed by atoms with van der Waals surface area (Å²) in [5, 5.41) is 15.0. The van der Waals surface area contributed by atoms with E-state index >= 15 is 0 Å². The Hall–Kier alpha value is -2.46. The summed E-state index contributed by atoms with van der Waals surface area (Å²) < 4.78 is 26.7. The Kier molecular flexibility index (Phi) is 6.01. The fourth-order valence-electron chi connectivity index (χ4n) is 1.47. The van der Waals surface area contributed by atoms with Crippen molar-refractivity contribution in [2.24, 2.45) is 5.14 Å². The van der Waals surface area contributed by atoms with Crippen LogP contribution in [0, 0.1) is 0 Å².